The van der Waals surface area contributed by atoms with E-state index in [0.717, 1.165) is 28.6 Å². The van der Waals surface area contributed by atoms with E-state index in [1.807, 2.05) is 54.6 Å². The molecule has 1 N–H and O–H groups in total. The van der Waals surface area contributed by atoms with Gasteiger partial charge in [0.1, 0.15) is 0 Å². The molecule has 1 heterocycles. The minimum Gasteiger partial charge on any atom is -0.349 e. The van der Waals surface area contributed by atoms with E-state index in [0.29, 0.717) is 16.5 Å². The number of rotatable bonds is 3. The number of amides is 1. The van der Waals surface area contributed by atoms with Gasteiger partial charge in [-0.3, -0.25) is 4.79 Å². The monoisotopic (exact) mass is 378 g/mol. The average molecular weight is 379 g/mol. The van der Waals surface area contributed by atoms with Gasteiger partial charge in [-0.25, -0.2) is 4.98 Å². The molecule has 0 aliphatic heterocycles. The molecule has 1 aliphatic rings. The highest BCUT2D eigenvalue weighted by atomic mass is 35.5. The zero-order chi connectivity index (χ0) is 18.8. The molecule has 0 radical (unpaired) electrons. The van der Waals surface area contributed by atoms with E-state index in [-0.39, 0.29) is 11.9 Å². The lowest BCUT2D eigenvalue weighted by Gasteiger charge is -2.29. The Hall–Kier alpha value is -2.39. The predicted octanol–water partition coefficient (Wildman–Crippen LogP) is 5.86. The minimum absolute atomic E-state index is 0.0115. The molecule has 2 atom stereocenters. The smallest absolute Gasteiger partial charge is 0.252 e. The molecule has 0 spiro atoms. The Morgan fingerprint density at radius 1 is 1.07 bits per heavy atom. The number of aromatic nitrogens is 1. The second-order valence-electron chi connectivity index (χ2n) is 7.42. The van der Waals surface area contributed by atoms with Gasteiger partial charge in [0.2, 0.25) is 0 Å². The number of para-hydroxylation sites is 1. The van der Waals surface area contributed by atoms with Crippen LogP contribution in [-0.4, -0.2) is 16.9 Å². The molecular formula is C23H23ClN2O. The molecule has 27 heavy (non-hydrogen) atoms. The van der Waals surface area contributed by atoms with Gasteiger partial charge >= 0.3 is 0 Å². The van der Waals surface area contributed by atoms with Gasteiger partial charge in [-0.05, 0) is 43.0 Å². The quantitative estimate of drug-likeness (QED) is 0.619. The van der Waals surface area contributed by atoms with Crippen molar-refractivity contribution in [3.05, 3.63) is 65.2 Å². The standard InChI is InChI=1S/C23H23ClN2O/c1-15-6-2-4-8-20(15)26-23(27)19-14-22(16-10-12-17(24)13-11-16)25-21-9-5-3-7-18(19)21/h3,5,7,9-15,20H,2,4,6,8H2,1H3,(H,26,27)/t15-,20+/m0/s1. The van der Waals surface area contributed by atoms with E-state index in [1.165, 1.54) is 19.3 Å². The first-order chi connectivity index (χ1) is 13.1. The van der Waals surface area contributed by atoms with Crippen LogP contribution < -0.4 is 5.32 Å². The van der Waals surface area contributed by atoms with Gasteiger partial charge in [-0.1, -0.05) is 61.7 Å². The number of fused-ring (bicyclic) bond motifs is 1. The molecule has 1 amide bonds. The zero-order valence-corrected chi connectivity index (χ0v) is 16.2. The summed E-state index contributed by atoms with van der Waals surface area (Å²) in [6, 6.07) is 17.5. The Bertz CT molecular complexity index is 968. The van der Waals surface area contributed by atoms with Crippen molar-refractivity contribution in [3.63, 3.8) is 0 Å². The van der Waals surface area contributed by atoms with Crippen LogP contribution in [0, 0.1) is 5.92 Å². The topological polar surface area (TPSA) is 42.0 Å². The van der Waals surface area contributed by atoms with Crippen LogP contribution in [0.1, 0.15) is 43.0 Å². The molecule has 4 heteroatoms. The lowest BCUT2D eigenvalue weighted by molar-refractivity contribution is 0.0912. The second kappa shape index (κ2) is 7.69. The molecule has 3 aromatic rings. The second-order valence-corrected chi connectivity index (χ2v) is 7.86. The van der Waals surface area contributed by atoms with Crippen LogP contribution in [0.15, 0.2) is 54.6 Å². The molecule has 1 aromatic heterocycles. The third-order valence-electron chi connectivity index (χ3n) is 5.53. The summed E-state index contributed by atoms with van der Waals surface area (Å²) in [5.74, 6) is 0.508. The number of pyridine rings is 1. The van der Waals surface area contributed by atoms with Crippen molar-refractivity contribution in [2.75, 3.05) is 0 Å². The van der Waals surface area contributed by atoms with Crippen molar-refractivity contribution in [2.45, 2.75) is 38.6 Å². The van der Waals surface area contributed by atoms with Gasteiger partial charge < -0.3 is 5.32 Å². The van der Waals surface area contributed by atoms with Crippen LogP contribution in [-0.2, 0) is 0 Å². The lowest BCUT2D eigenvalue weighted by atomic mass is 9.85. The third-order valence-corrected chi connectivity index (χ3v) is 5.78. The van der Waals surface area contributed by atoms with E-state index in [4.69, 9.17) is 16.6 Å². The number of carbonyl (C=O) groups excluding carboxylic acids is 1. The molecule has 0 saturated heterocycles. The number of hydrogen-bond acceptors (Lipinski definition) is 2. The van der Waals surface area contributed by atoms with E-state index < -0.39 is 0 Å². The van der Waals surface area contributed by atoms with Crippen LogP contribution in [0.3, 0.4) is 0 Å². The molecule has 4 rings (SSSR count). The molecular weight excluding hydrogens is 356 g/mol. The lowest BCUT2D eigenvalue weighted by Crippen LogP contribution is -2.41. The minimum atomic E-state index is -0.0115. The summed E-state index contributed by atoms with van der Waals surface area (Å²) >= 11 is 6.01. The number of hydrogen-bond donors (Lipinski definition) is 1. The number of nitrogens with one attached hydrogen (secondary N) is 1. The molecule has 3 nitrogen and oxygen atoms in total. The molecule has 1 aliphatic carbocycles. The average Bonchev–Trinajstić information content (AvgIpc) is 2.69. The summed E-state index contributed by atoms with van der Waals surface area (Å²) in [6.45, 7) is 2.23. The SMILES string of the molecule is C[C@H]1CCCC[C@H]1NC(=O)c1cc(-c2ccc(Cl)cc2)nc2ccccc12. The van der Waals surface area contributed by atoms with Gasteiger partial charge in [0.15, 0.2) is 0 Å². The van der Waals surface area contributed by atoms with E-state index in [1.54, 1.807) is 0 Å². The van der Waals surface area contributed by atoms with Crippen LogP contribution >= 0.6 is 11.6 Å². The Balaban J connectivity index is 1.74. The van der Waals surface area contributed by atoms with Crippen molar-refractivity contribution in [3.8, 4) is 11.3 Å². The van der Waals surface area contributed by atoms with Crippen molar-refractivity contribution < 1.29 is 4.79 Å². The Morgan fingerprint density at radius 2 is 1.81 bits per heavy atom. The van der Waals surface area contributed by atoms with E-state index in [9.17, 15) is 4.79 Å². The van der Waals surface area contributed by atoms with Gasteiger partial charge in [-0.15, -0.1) is 0 Å². The fourth-order valence-corrected chi connectivity index (χ4v) is 4.03. The van der Waals surface area contributed by atoms with Crippen LogP contribution in [0.4, 0.5) is 0 Å². The number of benzene rings is 2. The fourth-order valence-electron chi connectivity index (χ4n) is 3.91. The van der Waals surface area contributed by atoms with Gasteiger partial charge in [0, 0.05) is 22.0 Å². The molecule has 1 fully saturated rings. The van der Waals surface area contributed by atoms with Crippen molar-refractivity contribution >= 4 is 28.4 Å². The van der Waals surface area contributed by atoms with Crippen molar-refractivity contribution in [2.24, 2.45) is 5.92 Å². The Morgan fingerprint density at radius 3 is 2.59 bits per heavy atom. The van der Waals surface area contributed by atoms with Crippen LogP contribution in [0.5, 0.6) is 0 Å². The highest BCUT2D eigenvalue weighted by Gasteiger charge is 2.24. The molecule has 1 saturated carbocycles. The maximum atomic E-state index is 13.2. The first-order valence-corrected chi connectivity index (χ1v) is 9.96. The molecule has 138 valence electrons. The summed E-state index contributed by atoms with van der Waals surface area (Å²) in [7, 11) is 0. The van der Waals surface area contributed by atoms with Crippen molar-refractivity contribution in [1.29, 1.82) is 0 Å². The first kappa shape index (κ1) is 18.0. The summed E-state index contributed by atoms with van der Waals surface area (Å²) in [5.41, 5.74) is 3.24. The zero-order valence-electron chi connectivity index (χ0n) is 15.4. The fraction of sp³-hybridized carbons (Fsp3) is 0.304. The maximum Gasteiger partial charge on any atom is 0.252 e. The predicted molar refractivity (Wildman–Crippen MR) is 111 cm³/mol. The van der Waals surface area contributed by atoms with Gasteiger partial charge in [-0.2, -0.15) is 0 Å². The van der Waals surface area contributed by atoms with E-state index in [2.05, 4.69) is 12.2 Å². The third kappa shape index (κ3) is 3.84. The molecule has 0 bridgehead atoms. The van der Waals surface area contributed by atoms with Crippen LogP contribution in [0.25, 0.3) is 22.2 Å². The summed E-state index contributed by atoms with van der Waals surface area (Å²) in [6.07, 6.45) is 4.67. The summed E-state index contributed by atoms with van der Waals surface area (Å²) in [5, 5.41) is 4.85. The van der Waals surface area contributed by atoms with Crippen molar-refractivity contribution in [1.82, 2.24) is 10.3 Å². The first-order valence-electron chi connectivity index (χ1n) is 9.58. The maximum absolute atomic E-state index is 13.2. The van der Waals surface area contributed by atoms with Gasteiger partial charge in [0.05, 0.1) is 16.8 Å². The van der Waals surface area contributed by atoms with Gasteiger partial charge in [0.25, 0.3) is 5.91 Å². The number of halogens is 1. The number of carbonyl (C=O) groups is 1. The highest BCUT2D eigenvalue weighted by molar-refractivity contribution is 6.30. The molecule has 2 aromatic carbocycles. The Labute approximate surface area is 164 Å². The highest BCUT2D eigenvalue weighted by Crippen LogP contribution is 2.28. The van der Waals surface area contributed by atoms with E-state index >= 15 is 0 Å². The largest absolute Gasteiger partial charge is 0.349 e. The summed E-state index contributed by atoms with van der Waals surface area (Å²) < 4.78 is 0. The summed E-state index contributed by atoms with van der Waals surface area (Å²) in [4.78, 5) is 17.9. The number of nitrogens with zero attached hydrogens (tertiary/aromatic N) is 1. The van der Waals surface area contributed by atoms with Crippen LogP contribution in [0.2, 0.25) is 5.02 Å². The normalized spacial score (nSPS) is 19.8. The molecule has 0 unspecified atom stereocenters. The Kier molecular flexibility index (Phi) is 5.13.